The van der Waals surface area contributed by atoms with Crippen LogP contribution < -0.4 is 26.6 Å². The van der Waals surface area contributed by atoms with Crippen molar-refractivity contribution in [2.45, 2.75) is 20.8 Å². The zero-order valence-electron chi connectivity index (χ0n) is 20.4. The van der Waals surface area contributed by atoms with Gasteiger partial charge in [-0.15, -0.1) is 0 Å². The van der Waals surface area contributed by atoms with Crippen LogP contribution in [0.25, 0.3) is 10.8 Å². The van der Waals surface area contributed by atoms with Crippen LogP contribution in [0.2, 0.25) is 0 Å². The maximum atomic E-state index is 5.17. The highest BCUT2D eigenvalue weighted by molar-refractivity contribution is 6.03. The SMILES string of the molecule is CCN(CC)CC.CN(C)c1cccc2cccc(N(C)C)c12.NCCNCCN. The smallest absolute Gasteiger partial charge is 0.0461 e. The molecule has 0 saturated heterocycles. The Bertz CT molecular complexity index is 616. The van der Waals surface area contributed by atoms with Gasteiger partial charge in [0.15, 0.2) is 0 Å². The van der Waals surface area contributed by atoms with E-state index in [1.165, 1.54) is 41.8 Å². The van der Waals surface area contributed by atoms with E-state index < -0.39 is 0 Å². The predicted octanol–water partition coefficient (Wildman–Crippen LogP) is 2.81. The summed E-state index contributed by atoms with van der Waals surface area (Å²) in [6.07, 6.45) is 0. The molecule has 5 N–H and O–H groups in total. The van der Waals surface area contributed by atoms with Crippen molar-refractivity contribution >= 4 is 22.1 Å². The van der Waals surface area contributed by atoms with Crippen molar-refractivity contribution in [2.75, 3.05) is 83.8 Å². The fourth-order valence-electron chi connectivity index (χ4n) is 3.05. The minimum Gasteiger partial charge on any atom is -0.377 e. The second-order valence-electron chi connectivity index (χ2n) is 7.39. The Morgan fingerprint density at radius 3 is 1.37 bits per heavy atom. The summed E-state index contributed by atoms with van der Waals surface area (Å²) in [5, 5.41) is 5.64. The third-order valence-electron chi connectivity index (χ3n) is 4.81. The van der Waals surface area contributed by atoms with E-state index in [9.17, 15) is 0 Å². The standard InChI is InChI=1S/C14H18N2.C6H15N.C4H13N3/c1-15(2)12-9-5-7-11-8-6-10-13(14(11)12)16(3)4;1-4-7(5-2)6-3;5-1-3-7-4-2-6/h5-10H,1-4H3;4-6H2,1-3H3;7H,1-6H2. The Labute approximate surface area is 185 Å². The highest BCUT2D eigenvalue weighted by Gasteiger charge is 2.08. The molecule has 0 bridgehead atoms. The molecule has 2 aromatic carbocycles. The first kappa shape index (κ1) is 28.1. The highest BCUT2D eigenvalue weighted by atomic mass is 15.1. The lowest BCUT2D eigenvalue weighted by molar-refractivity contribution is 0.321. The van der Waals surface area contributed by atoms with Gasteiger partial charge in [0.25, 0.3) is 0 Å². The summed E-state index contributed by atoms with van der Waals surface area (Å²) in [6, 6.07) is 12.9. The molecule has 0 aliphatic rings. The van der Waals surface area contributed by atoms with E-state index in [-0.39, 0.29) is 0 Å². The number of rotatable bonds is 9. The van der Waals surface area contributed by atoms with E-state index in [1.54, 1.807) is 0 Å². The van der Waals surface area contributed by atoms with Gasteiger partial charge in [-0.05, 0) is 37.2 Å². The highest BCUT2D eigenvalue weighted by Crippen LogP contribution is 2.33. The zero-order valence-corrected chi connectivity index (χ0v) is 20.4. The minimum atomic E-state index is 0.694. The van der Waals surface area contributed by atoms with Gasteiger partial charge in [0.05, 0.1) is 0 Å². The quantitative estimate of drug-likeness (QED) is 0.544. The van der Waals surface area contributed by atoms with E-state index in [0.717, 1.165) is 13.1 Å². The maximum absolute atomic E-state index is 5.17. The first-order chi connectivity index (χ1) is 14.4. The number of benzene rings is 2. The van der Waals surface area contributed by atoms with E-state index in [1.807, 2.05) is 0 Å². The van der Waals surface area contributed by atoms with E-state index in [2.05, 4.69) is 105 Å². The summed E-state index contributed by atoms with van der Waals surface area (Å²) in [6.45, 7) is 13.3. The number of fused-ring (bicyclic) bond motifs is 1. The first-order valence-electron chi connectivity index (χ1n) is 11.1. The molecule has 0 amide bonds. The van der Waals surface area contributed by atoms with Crippen molar-refractivity contribution in [2.24, 2.45) is 11.5 Å². The van der Waals surface area contributed by atoms with Gasteiger partial charge >= 0.3 is 0 Å². The summed E-state index contributed by atoms with van der Waals surface area (Å²) in [5.41, 5.74) is 12.9. The minimum absolute atomic E-state index is 0.694. The summed E-state index contributed by atoms with van der Waals surface area (Å²) in [5.74, 6) is 0. The van der Waals surface area contributed by atoms with Crippen LogP contribution in [-0.4, -0.2) is 78.9 Å². The Hall–Kier alpha value is -1.86. The summed E-state index contributed by atoms with van der Waals surface area (Å²) < 4.78 is 0. The molecule has 0 aliphatic carbocycles. The van der Waals surface area contributed by atoms with Crippen LogP contribution in [0.1, 0.15) is 20.8 Å². The molecular formula is C24H46N6. The molecule has 172 valence electrons. The van der Waals surface area contributed by atoms with Gasteiger partial charge in [-0.2, -0.15) is 0 Å². The number of nitrogens with zero attached hydrogens (tertiary/aromatic N) is 3. The number of nitrogens with one attached hydrogen (secondary N) is 1. The van der Waals surface area contributed by atoms with E-state index >= 15 is 0 Å². The Balaban J connectivity index is 0.000000503. The van der Waals surface area contributed by atoms with E-state index in [4.69, 9.17) is 11.5 Å². The van der Waals surface area contributed by atoms with Gasteiger partial charge in [-0.3, -0.25) is 0 Å². The van der Waals surface area contributed by atoms with E-state index in [0.29, 0.717) is 13.1 Å². The van der Waals surface area contributed by atoms with Crippen LogP contribution in [0.5, 0.6) is 0 Å². The second kappa shape index (κ2) is 16.9. The molecule has 6 heteroatoms. The van der Waals surface area contributed by atoms with Crippen LogP contribution in [0.3, 0.4) is 0 Å². The molecule has 0 atom stereocenters. The van der Waals surface area contributed by atoms with Crippen LogP contribution >= 0.6 is 0 Å². The van der Waals surface area contributed by atoms with Crippen LogP contribution in [0.15, 0.2) is 36.4 Å². The Morgan fingerprint density at radius 2 is 1.10 bits per heavy atom. The Morgan fingerprint density at radius 1 is 0.700 bits per heavy atom. The second-order valence-corrected chi connectivity index (χ2v) is 7.39. The van der Waals surface area contributed by atoms with Gasteiger partial charge in [-0.25, -0.2) is 0 Å². The molecule has 0 spiro atoms. The number of nitrogens with two attached hydrogens (primary N) is 2. The lowest BCUT2D eigenvalue weighted by Crippen LogP contribution is -2.27. The van der Waals surface area contributed by atoms with Crippen LogP contribution in [0, 0.1) is 0 Å². The molecule has 0 unspecified atom stereocenters. The molecule has 6 nitrogen and oxygen atoms in total. The van der Waals surface area contributed by atoms with Gasteiger partial charge in [0, 0.05) is 71.1 Å². The Kier molecular flexibility index (Phi) is 15.8. The zero-order chi connectivity index (χ0) is 22.9. The van der Waals surface area contributed by atoms with Gasteiger partial charge in [0.2, 0.25) is 0 Å². The lowest BCUT2D eigenvalue weighted by atomic mass is 10.1. The average molecular weight is 419 g/mol. The molecular weight excluding hydrogens is 372 g/mol. The first-order valence-corrected chi connectivity index (χ1v) is 11.1. The average Bonchev–Trinajstić information content (AvgIpc) is 2.75. The molecule has 0 aromatic heterocycles. The summed E-state index contributed by atoms with van der Waals surface area (Å²) in [7, 11) is 8.34. The van der Waals surface area contributed by atoms with Crippen molar-refractivity contribution in [3.63, 3.8) is 0 Å². The third kappa shape index (κ3) is 10.3. The van der Waals surface area contributed by atoms with Crippen molar-refractivity contribution in [3.8, 4) is 0 Å². The molecule has 0 radical (unpaired) electrons. The van der Waals surface area contributed by atoms with Crippen molar-refractivity contribution in [3.05, 3.63) is 36.4 Å². The van der Waals surface area contributed by atoms with Gasteiger partial charge in [-0.1, -0.05) is 45.0 Å². The van der Waals surface area contributed by atoms with Crippen molar-refractivity contribution in [1.29, 1.82) is 0 Å². The van der Waals surface area contributed by atoms with Crippen LogP contribution in [0.4, 0.5) is 11.4 Å². The molecule has 2 rings (SSSR count). The lowest BCUT2D eigenvalue weighted by Gasteiger charge is -2.21. The molecule has 30 heavy (non-hydrogen) atoms. The van der Waals surface area contributed by atoms with Crippen LogP contribution in [-0.2, 0) is 0 Å². The maximum Gasteiger partial charge on any atom is 0.0461 e. The number of hydrogen-bond donors (Lipinski definition) is 3. The van der Waals surface area contributed by atoms with Crippen molar-refractivity contribution in [1.82, 2.24) is 10.2 Å². The van der Waals surface area contributed by atoms with Gasteiger partial charge < -0.3 is 31.5 Å². The molecule has 2 aromatic rings. The normalized spacial score (nSPS) is 10.2. The summed E-state index contributed by atoms with van der Waals surface area (Å²) >= 11 is 0. The third-order valence-corrected chi connectivity index (χ3v) is 4.81. The fraction of sp³-hybridized carbons (Fsp3) is 0.583. The molecule has 0 aliphatic heterocycles. The van der Waals surface area contributed by atoms with Gasteiger partial charge in [0.1, 0.15) is 0 Å². The summed E-state index contributed by atoms with van der Waals surface area (Å²) in [4.78, 5) is 6.70. The fourth-order valence-corrected chi connectivity index (χ4v) is 3.05. The predicted molar refractivity (Wildman–Crippen MR) is 137 cm³/mol. The van der Waals surface area contributed by atoms with Crippen molar-refractivity contribution < 1.29 is 0 Å². The topological polar surface area (TPSA) is 73.8 Å². The number of hydrogen-bond acceptors (Lipinski definition) is 6. The largest absolute Gasteiger partial charge is 0.377 e. The molecule has 0 heterocycles. The monoisotopic (exact) mass is 418 g/mol. The molecule has 0 fully saturated rings. The molecule has 0 saturated carbocycles. The number of anilines is 2.